The predicted octanol–water partition coefficient (Wildman–Crippen LogP) is 2.13. The van der Waals surface area contributed by atoms with Gasteiger partial charge in [0.15, 0.2) is 5.15 Å². The number of aromatic nitrogens is 1. The van der Waals surface area contributed by atoms with Crippen LogP contribution in [0.2, 0.25) is 5.15 Å². The van der Waals surface area contributed by atoms with Crippen LogP contribution in [0.15, 0.2) is 12.3 Å². The van der Waals surface area contributed by atoms with Gasteiger partial charge in [-0.15, -0.1) is 0 Å². The van der Waals surface area contributed by atoms with Gasteiger partial charge < -0.3 is 10.6 Å². The van der Waals surface area contributed by atoms with Crippen molar-refractivity contribution in [3.63, 3.8) is 0 Å². The van der Waals surface area contributed by atoms with Gasteiger partial charge in [0.05, 0.1) is 18.8 Å². The molecular formula is C10H11ClF3N3O. The molecule has 8 heteroatoms. The first kappa shape index (κ1) is 14.7. The highest BCUT2D eigenvalue weighted by atomic mass is 35.5. The van der Waals surface area contributed by atoms with E-state index in [1.54, 1.807) is 13.0 Å². The zero-order chi connectivity index (χ0) is 13.8. The second-order valence-corrected chi connectivity index (χ2v) is 3.92. The van der Waals surface area contributed by atoms with Crippen LogP contribution in [0.5, 0.6) is 0 Å². The van der Waals surface area contributed by atoms with E-state index < -0.39 is 25.2 Å². The Morgan fingerprint density at radius 2 is 2.17 bits per heavy atom. The number of anilines is 1. The second kappa shape index (κ2) is 6.01. The molecule has 1 amide bonds. The molecule has 0 atom stereocenters. The second-order valence-electron chi connectivity index (χ2n) is 3.56. The summed E-state index contributed by atoms with van der Waals surface area (Å²) in [6.45, 7) is 0.0245. The Morgan fingerprint density at radius 1 is 1.50 bits per heavy atom. The number of nitrogens with zero attached hydrogens (tertiary/aromatic N) is 1. The third-order valence-corrected chi connectivity index (χ3v) is 2.28. The first-order valence-corrected chi connectivity index (χ1v) is 5.36. The number of nitrogens with one attached hydrogen (secondary N) is 2. The molecule has 1 aromatic rings. The van der Waals surface area contributed by atoms with Crippen molar-refractivity contribution < 1.29 is 18.0 Å². The van der Waals surface area contributed by atoms with E-state index >= 15 is 0 Å². The van der Waals surface area contributed by atoms with Crippen LogP contribution in [-0.4, -0.2) is 30.2 Å². The van der Waals surface area contributed by atoms with Gasteiger partial charge in [-0.2, -0.15) is 13.2 Å². The third kappa shape index (κ3) is 4.89. The molecule has 0 aliphatic rings. The summed E-state index contributed by atoms with van der Waals surface area (Å²) in [5.74, 6) is -0.614. The molecule has 0 radical (unpaired) electrons. The molecule has 18 heavy (non-hydrogen) atoms. The van der Waals surface area contributed by atoms with E-state index in [2.05, 4.69) is 10.3 Å². The van der Waals surface area contributed by atoms with E-state index in [0.717, 1.165) is 0 Å². The summed E-state index contributed by atoms with van der Waals surface area (Å²) in [6, 6.07) is 1.63. The zero-order valence-electron chi connectivity index (χ0n) is 9.44. The maximum Gasteiger partial charge on any atom is 0.401 e. The number of amides is 1. The fourth-order valence-corrected chi connectivity index (χ4v) is 1.43. The summed E-state index contributed by atoms with van der Waals surface area (Å²) < 4.78 is 35.5. The Hall–Kier alpha value is -1.34. The van der Waals surface area contributed by atoms with E-state index in [1.165, 1.54) is 6.20 Å². The van der Waals surface area contributed by atoms with Gasteiger partial charge in [0.25, 0.3) is 0 Å². The summed E-state index contributed by atoms with van der Waals surface area (Å²) in [4.78, 5) is 15.1. The number of carbonyl (C=O) groups is 1. The number of carbonyl (C=O) groups excluding carboxylic acids is 1. The summed E-state index contributed by atoms with van der Waals surface area (Å²) in [5.41, 5.74) is 0.983. The highest BCUT2D eigenvalue weighted by Crippen LogP contribution is 2.22. The van der Waals surface area contributed by atoms with Crippen LogP contribution in [0.3, 0.4) is 0 Å². The fraction of sp³-hybridized carbons (Fsp3) is 0.400. The number of halogens is 4. The number of hydrogen-bond acceptors (Lipinski definition) is 3. The van der Waals surface area contributed by atoms with Gasteiger partial charge in [-0.1, -0.05) is 11.6 Å². The molecule has 1 rings (SSSR count). The minimum Gasteiger partial charge on any atom is -0.322 e. The van der Waals surface area contributed by atoms with Gasteiger partial charge in [-0.05, 0) is 18.6 Å². The normalized spacial score (nSPS) is 11.4. The van der Waals surface area contributed by atoms with Crippen molar-refractivity contribution in [3.8, 4) is 0 Å². The molecule has 0 saturated heterocycles. The lowest BCUT2D eigenvalue weighted by atomic mass is 10.2. The number of pyridine rings is 1. The molecule has 4 nitrogen and oxygen atoms in total. The molecule has 0 spiro atoms. The van der Waals surface area contributed by atoms with Crippen LogP contribution in [0.25, 0.3) is 0 Å². The van der Waals surface area contributed by atoms with Gasteiger partial charge in [0.1, 0.15) is 0 Å². The molecule has 0 aliphatic carbocycles. The first-order chi connectivity index (χ1) is 8.29. The summed E-state index contributed by atoms with van der Waals surface area (Å²) >= 11 is 5.75. The molecule has 1 aromatic heterocycles. The van der Waals surface area contributed by atoms with Crippen molar-refractivity contribution >= 4 is 23.2 Å². The van der Waals surface area contributed by atoms with Gasteiger partial charge in [0, 0.05) is 6.20 Å². The average molecular weight is 282 g/mol. The van der Waals surface area contributed by atoms with Crippen LogP contribution >= 0.6 is 11.6 Å². The summed E-state index contributed by atoms with van der Waals surface area (Å²) in [7, 11) is 0. The molecule has 0 aliphatic heterocycles. The minimum atomic E-state index is -4.35. The van der Waals surface area contributed by atoms with Crippen LogP contribution in [0.4, 0.5) is 18.9 Å². The summed E-state index contributed by atoms with van der Waals surface area (Å²) in [5, 5.41) is 4.48. The van der Waals surface area contributed by atoms with Crippen molar-refractivity contribution in [2.45, 2.75) is 13.1 Å². The highest BCUT2D eigenvalue weighted by molar-refractivity contribution is 6.32. The van der Waals surface area contributed by atoms with Crippen molar-refractivity contribution in [1.82, 2.24) is 10.3 Å². The largest absolute Gasteiger partial charge is 0.401 e. The Bertz CT molecular complexity index is 417. The number of aryl methyl sites for hydroxylation is 1. The lowest BCUT2D eigenvalue weighted by molar-refractivity contribution is -0.126. The molecule has 1 heterocycles. The molecular weight excluding hydrogens is 271 g/mol. The number of alkyl halides is 3. The predicted molar refractivity (Wildman–Crippen MR) is 61.5 cm³/mol. The maximum absolute atomic E-state index is 11.8. The Morgan fingerprint density at radius 3 is 2.72 bits per heavy atom. The highest BCUT2D eigenvalue weighted by Gasteiger charge is 2.26. The van der Waals surface area contributed by atoms with Gasteiger partial charge in [-0.25, -0.2) is 4.98 Å². The lowest BCUT2D eigenvalue weighted by Crippen LogP contribution is -2.35. The minimum absolute atomic E-state index is 0.0965. The van der Waals surface area contributed by atoms with Crippen LogP contribution < -0.4 is 10.6 Å². The molecule has 2 N–H and O–H groups in total. The van der Waals surface area contributed by atoms with Crippen LogP contribution in [0.1, 0.15) is 5.56 Å². The molecule has 0 bridgehead atoms. The first-order valence-electron chi connectivity index (χ1n) is 4.98. The van der Waals surface area contributed by atoms with Gasteiger partial charge in [0.2, 0.25) is 5.91 Å². The van der Waals surface area contributed by atoms with Crippen molar-refractivity contribution in [3.05, 3.63) is 23.0 Å². The SMILES string of the molecule is Cc1ccnc(Cl)c1NC(=O)CNCC(F)(F)F. The van der Waals surface area contributed by atoms with E-state index in [4.69, 9.17) is 11.6 Å². The molecule has 100 valence electrons. The Kier molecular flexibility index (Phi) is 4.92. The maximum atomic E-state index is 11.8. The third-order valence-electron chi connectivity index (χ3n) is 1.99. The van der Waals surface area contributed by atoms with Gasteiger partial charge >= 0.3 is 6.18 Å². The van der Waals surface area contributed by atoms with Crippen LogP contribution in [0, 0.1) is 6.92 Å². The Labute approximate surface area is 107 Å². The van der Waals surface area contributed by atoms with Crippen molar-refractivity contribution in [2.75, 3.05) is 18.4 Å². The standard InChI is InChI=1S/C10H11ClF3N3O/c1-6-2-3-16-9(11)8(6)17-7(18)4-15-5-10(12,13)14/h2-3,15H,4-5H2,1H3,(H,17,18). The van der Waals surface area contributed by atoms with Crippen molar-refractivity contribution in [2.24, 2.45) is 0 Å². The zero-order valence-corrected chi connectivity index (χ0v) is 10.2. The van der Waals surface area contributed by atoms with E-state index in [1.807, 2.05) is 5.32 Å². The smallest absolute Gasteiger partial charge is 0.322 e. The number of hydrogen-bond donors (Lipinski definition) is 2. The van der Waals surface area contributed by atoms with Gasteiger partial charge in [-0.3, -0.25) is 4.79 Å². The van der Waals surface area contributed by atoms with E-state index in [-0.39, 0.29) is 5.15 Å². The number of rotatable bonds is 4. The molecule has 0 fully saturated rings. The van der Waals surface area contributed by atoms with Crippen LogP contribution in [-0.2, 0) is 4.79 Å². The topological polar surface area (TPSA) is 54.0 Å². The molecule has 0 saturated carbocycles. The average Bonchev–Trinajstić information content (AvgIpc) is 2.22. The Balaban J connectivity index is 2.50. The van der Waals surface area contributed by atoms with E-state index in [0.29, 0.717) is 11.3 Å². The summed E-state index contributed by atoms with van der Waals surface area (Å²) in [6.07, 6.45) is -2.88. The fourth-order valence-electron chi connectivity index (χ4n) is 1.18. The molecule has 0 aromatic carbocycles. The van der Waals surface area contributed by atoms with Crippen molar-refractivity contribution in [1.29, 1.82) is 0 Å². The molecule has 0 unspecified atom stereocenters. The quantitative estimate of drug-likeness (QED) is 0.832. The van der Waals surface area contributed by atoms with E-state index in [9.17, 15) is 18.0 Å². The monoisotopic (exact) mass is 281 g/mol. The lowest BCUT2D eigenvalue weighted by Gasteiger charge is -2.11.